The molecule has 3 nitrogen and oxygen atoms in total. The van der Waals surface area contributed by atoms with Gasteiger partial charge in [0.15, 0.2) is 5.43 Å². The molecule has 0 spiro atoms. The van der Waals surface area contributed by atoms with Gasteiger partial charge in [-0.1, -0.05) is 54.6 Å². The molecular formula is C23H18N2OS. The predicted octanol–water partition coefficient (Wildman–Crippen LogP) is 4.90. The van der Waals surface area contributed by atoms with Gasteiger partial charge in [-0.15, -0.1) is 11.3 Å². The molecule has 132 valence electrons. The zero-order valence-corrected chi connectivity index (χ0v) is 15.5. The molecule has 0 amide bonds. The number of pyridine rings is 1. The molecule has 0 aliphatic heterocycles. The van der Waals surface area contributed by atoms with Crippen molar-refractivity contribution in [3.05, 3.63) is 94.3 Å². The highest BCUT2D eigenvalue weighted by Gasteiger charge is 2.20. The van der Waals surface area contributed by atoms with Crippen LogP contribution in [0.2, 0.25) is 0 Å². The third-order valence-corrected chi connectivity index (χ3v) is 6.16. The molecule has 1 aliphatic carbocycles. The van der Waals surface area contributed by atoms with Gasteiger partial charge in [0.25, 0.3) is 0 Å². The largest absolute Gasteiger partial charge is 0.380 e. The lowest BCUT2D eigenvalue weighted by Crippen LogP contribution is -2.19. The Kier molecular flexibility index (Phi) is 3.98. The molecule has 0 unspecified atom stereocenters. The number of hydrogen-bond donors (Lipinski definition) is 1. The van der Waals surface area contributed by atoms with Crippen molar-refractivity contribution in [1.29, 1.82) is 0 Å². The number of benzene rings is 2. The quantitative estimate of drug-likeness (QED) is 0.557. The van der Waals surface area contributed by atoms with Crippen LogP contribution in [0.25, 0.3) is 20.7 Å². The first-order chi connectivity index (χ1) is 13.3. The van der Waals surface area contributed by atoms with E-state index in [-0.39, 0.29) is 5.43 Å². The summed E-state index contributed by atoms with van der Waals surface area (Å²) in [5, 5.41) is 4.24. The number of aromatic nitrogens is 1. The van der Waals surface area contributed by atoms with Gasteiger partial charge in [-0.3, -0.25) is 4.79 Å². The Morgan fingerprint density at radius 3 is 2.37 bits per heavy atom. The third-order valence-electron chi connectivity index (χ3n) is 5.07. The van der Waals surface area contributed by atoms with Gasteiger partial charge in [-0.05, 0) is 35.6 Å². The SMILES string of the molecule is O=c1cc(-c2ccccc2)sc2ncc(NC3Cc4ccccc4C3)cc12. The summed E-state index contributed by atoms with van der Waals surface area (Å²) in [7, 11) is 0. The molecular weight excluding hydrogens is 352 g/mol. The van der Waals surface area contributed by atoms with Crippen LogP contribution in [0.3, 0.4) is 0 Å². The van der Waals surface area contributed by atoms with Gasteiger partial charge in [0.2, 0.25) is 0 Å². The molecule has 0 fully saturated rings. The lowest BCUT2D eigenvalue weighted by Gasteiger charge is -2.13. The molecule has 0 bridgehead atoms. The van der Waals surface area contributed by atoms with Gasteiger partial charge < -0.3 is 5.32 Å². The first kappa shape index (κ1) is 16.2. The van der Waals surface area contributed by atoms with Crippen molar-refractivity contribution in [3.8, 4) is 10.4 Å². The number of nitrogens with one attached hydrogen (secondary N) is 1. The van der Waals surface area contributed by atoms with Gasteiger partial charge >= 0.3 is 0 Å². The summed E-state index contributed by atoms with van der Waals surface area (Å²) < 4.78 is 0. The number of nitrogens with zero attached hydrogens (tertiary/aromatic N) is 1. The van der Waals surface area contributed by atoms with Crippen LogP contribution in [0.5, 0.6) is 0 Å². The van der Waals surface area contributed by atoms with Crippen molar-refractivity contribution in [2.75, 3.05) is 5.32 Å². The highest BCUT2D eigenvalue weighted by atomic mass is 32.1. The minimum absolute atomic E-state index is 0.0217. The topological polar surface area (TPSA) is 42.0 Å². The highest BCUT2D eigenvalue weighted by Crippen LogP contribution is 2.29. The standard InChI is InChI=1S/C23H18N2OS/c26-21-13-22(15-6-2-1-3-7-15)27-23-20(21)12-19(14-24-23)25-18-10-16-8-4-5-9-17(16)11-18/h1-9,12-14,18,25H,10-11H2. The molecule has 2 aromatic heterocycles. The number of rotatable bonds is 3. The maximum atomic E-state index is 12.7. The molecule has 1 aliphatic rings. The molecule has 4 aromatic rings. The Morgan fingerprint density at radius 1 is 0.926 bits per heavy atom. The average Bonchev–Trinajstić information content (AvgIpc) is 3.11. The number of fused-ring (bicyclic) bond motifs is 2. The summed E-state index contributed by atoms with van der Waals surface area (Å²) in [5.41, 5.74) is 4.80. The molecule has 2 heterocycles. The van der Waals surface area contributed by atoms with Crippen molar-refractivity contribution < 1.29 is 0 Å². The van der Waals surface area contributed by atoms with Crippen LogP contribution >= 0.6 is 11.3 Å². The zero-order valence-electron chi connectivity index (χ0n) is 14.7. The van der Waals surface area contributed by atoms with Gasteiger partial charge in [-0.25, -0.2) is 4.98 Å². The fraction of sp³-hybridized carbons (Fsp3) is 0.130. The van der Waals surface area contributed by atoms with Crippen LogP contribution in [0.1, 0.15) is 11.1 Å². The van der Waals surface area contributed by atoms with Crippen molar-refractivity contribution in [2.45, 2.75) is 18.9 Å². The van der Waals surface area contributed by atoms with E-state index in [1.165, 1.54) is 11.1 Å². The van der Waals surface area contributed by atoms with E-state index in [1.807, 2.05) is 42.6 Å². The third kappa shape index (κ3) is 3.13. The molecule has 27 heavy (non-hydrogen) atoms. The van der Waals surface area contributed by atoms with E-state index in [0.717, 1.165) is 33.8 Å². The fourth-order valence-electron chi connectivity index (χ4n) is 3.76. The minimum atomic E-state index is 0.0217. The van der Waals surface area contributed by atoms with Crippen LogP contribution in [-0.4, -0.2) is 11.0 Å². The van der Waals surface area contributed by atoms with Gasteiger partial charge in [0.1, 0.15) is 4.83 Å². The fourth-order valence-corrected chi connectivity index (χ4v) is 4.76. The molecule has 0 saturated carbocycles. The summed E-state index contributed by atoms with van der Waals surface area (Å²) in [6.45, 7) is 0. The zero-order chi connectivity index (χ0) is 18.2. The molecule has 4 heteroatoms. The van der Waals surface area contributed by atoms with Gasteiger partial charge in [0.05, 0.1) is 17.3 Å². The first-order valence-corrected chi connectivity index (χ1v) is 9.90. The number of hydrogen-bond acceptors (Lipinski definition) is 4. The Labute approximate surface area is 161 Å². The van der Waals surface area contributed by atoms with E-state index in [4.69, 9.17) is 0 Å². The predicted molar refractivity (Wildman–Crippen MR) is 113 cm³/mol. The number of anilines is 1. The second-order valence-corrected chi connectivity index (χ2v) is 7.97. The Hall–Kier alpha value is -2.98. The van der Waals surface area contributed by atoms with Crippen molar-refractivity contribution in [3.63, 3.8) is 0 Å². The summed E-state index contributed by atoms with van der Waals surface area (Å²) >= 11 is 1.56. The maximum absolute atomic E-state index is 12.7. The molecule has 0 saturated heterocycles. The van der Waals surface area contributed by atoms with Crippen LogP contribution in [0, 0.1) is 0 Å². The van der Waals surface area contributed by atoms with Crippen LogP contribution < -0.4 is 10.7 Å². The summed E-state index contributed by atoms with van der Waals surface area (Å²) in [6, 6.07) is 22.6. The van der Waals surface area contributed by atoms with Gasteiger partial charge in [-0.2, -0.15) is 0 Å². The Bertz CT molecular complexity index is 1160. The van der Waals surface area contributed by atoms with Gasteiger partial charge in [0, 0.05) is 17.0 Å². The van der Waals surface area contributed by atoms with E-state index in [0.29, 0.717) is 11.4 Å². The van der Waals surface area contributed by atoms with E-state index in [2.05, 4.69) is 34.6 Å². The van der Waals surface area contributed by atoms with E-state index < -0.39 is 0 Å². The van der Waals surface area contributed by atoms with Crippen molar-refractivity contribution in [2.24, 2.45) is 0 Å². The first-order valence-electron chi connectivity index (χ1n) is 9.09. The molecule has 1 N–H and O–H groups in total. The molecule has 0 atom stereocenters. The lowest BCUT2D eigenvalue weighted by atomic mass is 10.1. The second-order valence-electron chi connectivity index (χ2n) is 6.94. The smallest absolute Gasteiger partial charge is 0.190 e. The molecule has 5 rings (SSSR count). The monoisotopic (exact) mass is 370 g/mol. The van der Waals surface area contributed by atoms with Crippen LogP contribution in [-0.2, 0) is 12.8 Å². The Balaban J connectivity index is 1.45. The van der Waals surface area contributed by atoms with Crippen molar-refractivity contribution >= 4 is 27.2 Å². The molecule has 2 aromatic carbocycles. The van der Waals surface area contributed by atoms with E-state index >= 15 is 0 Å². The minimum Gasteiger partial charge on any atom is -0.380 e. The van der Waals surface area contributed by atoms with E-state index in [1.54, 1.807) is 17.4 Å². The lowest BCUT2D eigenvalue weighted by molar-refractivity contribution is 0.774. The summed E-state index contributed by atoms with van der Waals surface area (Å²) in [4.78, 5) is 19.0. The summed E-state index contributed by atoms with van der Waals surface area (Å²) in [6.07, 6.45) is 3.86. The molecule has 0 radical (unpaired) electrons. The normalized spacial score (nSPS) is 13.6. The second kappa shape index (κ2) is 6.63. The summed E-state index contributed by atoms with van der Waals surface area (Å²) in [5.74, 6) is 0. The van der Waals surface area contributed by atoms with Crippen LogP contribution in [0.15, 0.2) is 77.7 Å². The maximum Gasteiger partial charge on any atom is 0.190 e. The van der Waals surface area contributed by atoms with Crippen LogP contribution in [0.4, 0.5) is 5.69 Å². The average molecular weight is 370 g/mol. The van der Waals surface area contributed by atoms with Crippen molar-refractivity contribution in [1.82, 2.24) is 4.98 Å². The van der Waals surface area contributed by atoms with E-state index in [9.17, 15) is 4.79 Å². The highest BCUT2D eigenvalue weighted by molar-refractivity contribution is 7.21. The Morgan fingerprint density at radius 2 is 1.63 bits per heavy atom.